The van der Waals surface area contributed by atoms with Crippen molar-refractivity contribution in [3.8, 4) is 0 Å². The largest absolute Gasteiger partial charge is 0.381 e. The van der Waals surface area contributed by atoms with Crippen molar-refractivity contribution in [3.05, 3.63) is 23.8 Å². The van der Waals surface area contributed by atoms with E-state index in [0.29, 0.717) is 17.9 Å². The van der Waals surface area contributed by atoms with Crippen molar-refractivity contribution in [2.24, 2.45) is 5.92 Å². The summed E-state index contributed by atoms with van der Waals surface area (Å²) in [6.07, 6.45) is 2.21. The van der Waals surface area contributed by atoms with E-state index in [1.165, 1.54) is 5.56 Å². The number of anilines is 1. The zero-order chi connectivity index (χ0) is 13.4. The molecule has 1 aliphatic heterocycles. The van der Waals surface area contributed by atoms with Crippen LogP contribution in [0.3, 0.4) is 0 Å². The summed E-state index contributed by atoms with van der Waals surface area (Å²) in [5, 5.41) is 0. The predicted molar refractivity (Wildman–Crippen MR) is 77.1 cm³/mol. The summed E-state index contributed by atoms with van der Waals surface area (Å²) < 4.78 is 7.64. The smallest absolute Gasteiger partial charge is 0.201 e. The van der Waals surface area contributed by atoms with Gasteiger partial charge in [-0.3, -0.25) is 0 Å². The molecule has 0 aliphatic carbocycles. The minimum atomic E-state index is 0.371. The molecule has 1 aromatic carbocycles. The van der Waals surface area contributed by atoms with Crippen molar-refractivity contribution in [3.63, 3.8) is 0 Å². The fraction of sp³-hybridized carbons (Fsp3) is 0.533. The SMILES string of the molecule is Cc1cccc2c1nc(N)n2C(C)C1CCOCC1. The highest BCUT2D eigenvalue weighted by Gasteiger charge is 2.24. The van der Waals surface area contributed by atoms with Gasteiger partial charge >= 0.3 is 0 Å². The molecular formula is C15H21N3O. The number of nitrogens with zero attached hydrogens (tertiary/aromatic N) is 2. The monoisotopic (exact) mass is 259 g/mol. The quantitative estimate of drug-likeness (QED) is 0.902. The second kappa shape index (κ2) is 4.85. The first-order valence-corrected chi connectivity index (χ1v) is 6.99. The van der Waals surface area contributed by atoms with Crippen molar-refractivity contribution in [2.75, 3.05) is 18.9 Å². The molecule has 1 fully saturated rings. The first kappa shape index (κ1) is 12.5. The van der Waals surface area contributed by atoms with Crippen molar-refractivity contribution < 1.29 is 4.74 Å². The molecule has 1 saturated heterocycles. The summed E-state index contributed by atoms with van der Waals surface area (Å²) in [5.74, 6) is 1.25. The molecule has 4 heteroatoms. The predicted octanol–water partition coefficient (Wildman–Crippen LogP) is 2.91. The van der Waals surface area contributed by atoms with Gasteiger partial charge in [0.15, 0.2) is 0 Å². The maximum absolute atomic E-state index is 6.15. The highest BCUT2D eigenvalue weighted by molar-refractivity contribution is 5.81. The number of aryl methyl sites for hydroxylation is 1. The van der Waals surface area contributed by atoms with Gasteiger partial charge < -0.3 is 15.0 Å². The van der Waals surface area contributed by atoms with Gasteiger partial charge in [0.25, 0.3) is 0 Å². The Kier molecular flexibility index (Phi) is 3.19. The van der Waals surface area contributed by atoms with E-state index < -0.39 is 0 Å². The van der Waals surface area contributed by atoms with E-state index in [0.717, 1.165) is 37.1 Å². The summed E-state index contributed by atoms with van der Waals surface area (Å²) in [4.78, 5) is 4.54. The van der Waals surface area contributed by atoms with Crippen LogP contribution in [0, 0.1) is 12.8 Å². The van der Waals surface area contributed by atoms with E-state index in [2.05, 4.69) is 41.6 Å². The van der Waals surface area contributed by atoms with Crippen LogP contribution >= 0.6 is 0 Å². The molecule has 0 saturated carbocycles. The molecule has 4 nitrogen and oxygen atoms in total. The summed E-state index contributed by atoms with van der Waals surface area (Å²) >= 11 is 0. The lowest BCUT2D eigenvalue weighted by Gasteiger charge is -2.29. The van der Waals surface area contributed by atoms with Gasteiger partial charge in [-0.1, -0.05) is 12.1 Å². The number of para-hydroxylation sites is 1. The first-order valence-electron chi connectivity index (χ1n) is 6.99. The number of benzene rings is 1. The van der Waals surface area contributed by atoms with E-state index in [1.807, 2.05) is 0 Å². The van der Waals surface area contributed by atoms with Crippen LogP contribution in [0.5, 0.6) is 0 Å². The highest BCUT2D eigenvalue weighted by Crippen LogP contribution is 2.33. The van der Waals surface area contributed by atoms with Crippen molar-refractivity contribution >= 4 is 17.0 Å². The summed E-state index contributed by atoms with van der Waals surface area (Å²) in [6, 6.07) is 6.64. The molecule has 19 heavy (non-hydrogen) atoms. The fourth-order valence-electron chi connectivity index (χ4n) is 3.11. The maximum Gasteiger partial charge on any atom is 0.201 e. The molecule has 2 N–H and O–H groups in total. The molecule has 0 amide bonds. The van der Waals surface area contributed by atoms with Crippen molar-refractivity contribution in [1.29, 1.82) is 0 Å². The second-order valence-corrected chi connectivity index (χ2v) is 5.47. The molecule has 102 valence electrons. The van der Waals surface area contributed by atoms with E-state index >= 15 is 0 Å². The van der Waals surface area contributed by atoms with Crippen molar-refractivity contribution in [2.45, 2.75) is 32.7 Å². The number of imidazole rings is 1. The molecule has 2 aromatic rings. The van der Waals surface area contributed by atoms with Crippen LogP contribution in [-0.4, -0.2) is 22.8 Å². The minimum Gasteiger partial charge on any atom is -0.381 e. The molecule has 2 heterocycles. The first-order chi connectivity index (χ1) is 9.18. The zero-order valence-corrected chi connectivity index (χ0v) is 11.6. The Morgan fingerprint density at radius 2 is 2.11 bits per heavy atom. The Morgan fingerprint density at radius 3 is 2.84 bits per heavy atom. The average molecular weight is 259 g/mol. The number of aromatic nitrogens is 2. The van der Waals surface area contributed by atoms with E-state index in [4.69, 9.17) is 10.5 Å². The fourth-order valence-corrected chi connectivity index (χ4v) is 3.11. The van der Waals surface area contributed by atoms with Gasteiger partial charge in [-0.15, -0.1) is 0 Å². The summed E-state index contributed by atoms with van der Waals surface area (Å²) in [5.41, 5.74) is 9.51. The van der Waals surface area contributed by atoms with Crippen LogP contribution in [0.25, 0.3) is 11.0 Å². The van der Waals surface area contributed by atoms with Gasteiger partial charge in [0.05, 0.1) is 11.0 Å². The number of fused-ring (bicyclic) bond motifs is 1. The zero-order valence-electron chi connectivity index (χ0n) is 11.6. The van der Waals surface area contributed by atoms with E-state index in [-0.39, 0.29) is 0 Å². The van der Waals surface area contributed by atoms with Crippen LogP contribution in [0.4, 0.5) is 5.95 Å². The number of ether oxygens (including phenoxy) is 1. The van der Waals surface area contributed by atoms with Crippen LogP contribution in [0.15, 0.2) is 18.2 Å². The molecule has 1 atom stereocenters. The normalized spacial score (nSPS) is 18.8. The molecule has 0 radical (unpaired) electrons. The highest BCUT2D eigenvalue weighted by atomic mass is 16.5. The third kappa shape index (κ3) is 2.10. The number of nitrogens with two attached hydrogens (primary N) is 1. The Labute approximate surface area is 113 Å². The second-order valence-electron chi connectivity index (χ2n) is 5.47. The number of nitrogen functional groups attached to an aromatic ring is 1. The van der Waals surface area contributed by atoms with Gasteiger partial charge in [0.1, 0.15) is 0 Å². The van der Waals surface area contributed by atoms with Gasteiger partial charge in [0, 0.05) is 19.3 Å². The topological polar surface area (TPSA) is 53.1 Å². The van der Waals surface area contributed by atoms with Crippen LogP contribution < -0.4 is 5.73 Å². The lowest BCUT2D eigenvalue weighted by Crippen LogP contribution is -2.24. The van der Waals surface area contributed by atoms with Gasteiger partial charge in [-0.25, -0.2) is 4.98 Å². The molecule has 1 aromatic heterocycles. The Bertz CT molecular complexity index is 584. The summed E-state index contributed by atoms with van der Waals surface area (Å²) in [7, 11) is 0. The van der Waals surface area contributed by atoms with Crippen LogP contribution in [-0.2, 0) is 4.74 Å². The standard InChI is InChI=1S/C15H21N3O/c1-10-4-3-5-13-14(10)17-15(16)18(13)11(2)12-6-8-19-9-7-12/h3-5,11-12H,6-9H2,1-2H3,(H2,16,17). The third-order valence-corrected chi connectivity index (χ3v) is 4.30. The summed E-state index contributed by atoms with van der Waals surface area (Å²) in [6.45, 7) is 6.05. The molecule has 1 unspecified atom stereocenters. The Morgan fingerprint density at radius 1 is 1.37 bits per heavy atom. The van der Waals surface area contributed by atoms with Crippen LogP contribution in [0.1, 0.15) is 31.4 Å². The van der Waals surface area contributed by atoms with E-state index in [1.54, 1.807) is 0 Å². The van der Waals surface area contributed by atoms with E-state index in [9.17, 15) is 0 Å². The molecule has 0 spiro atoms. The minimum absolute atomic E-state index is 0.371. The maximum atomic E-state index is 6.15. The van der Waals surface area contributed by atoms with Gasteiger partial charge in [-0.05, 0) is 44.2 Å². The lowest BCUT2D eigenvalue weighted by atomic mass is 9.92. The van der Waals surface area contributed by atoms with Gasteiger partial charge in [0.2, 0.25) is 5.95 Å². The average Bonchev–Trinajstić information content (AvgIpc) is 2.77. The van der Waals surface area contributed by atoms with Crippen molar-refractivity contribution in [1.82, 2.24) is 9.55 Å². The Hall–Kier alpha value is -1.55. The molecule has 0 bridgehead atoms. The molecule has 3 rings (SSSR count). The number of hydrogen-bond donors (Lipinski definition) is 1. The molecular weight excluding hydrogens is 238 g/mol. The van der Waals surface area contributed by atoms with Crippen LogP contribution in [0.2, 0.25) is 0 Å². The van der Waals surface area contributed by atoms with Gasteiger partial charge in [-0.2, -0.15) is 0 Å². The lowest BCUT2D eigenvalue weighted by molar-refractivity contribution is 0.0521. The third-order valence-electron chi connectivity index (χ3n) is 4.30. The Balaban J connectivity index is 2.03. The number of hydrogen-bond acceptors (Lipinski definition) is 3. The number of rotatable bonds is 2. The molecule has 1 aliphatic rings.